The molecule has 2 fully saturated rings. The maximum Gasteiger partial charge on any atom is 0.224 e. The third-order valence-electron chi connectivity index (χ3n) is 3.74. The molecule has 86 valence electrons. The molecule has 3 N–H and O–H groups in total. The van der Waals surface area contributed by atoms with Crippen molar-refractivity contribution in [2.75, 3.05) is 13.1 Å². The molecule has 0 aromatic rings. The summed E-state index contributed by atoms with van der Waals surface area (Å²) < 4.78 is 0. The van der Waals surface area contributed by atoms with Crippen LogP contribution < -0.4 is 10.6 Å². The van der Waals surface area contributed by atoms with Gasteiger partial charge in [-0.05, 0) is 39.2 Å². The van der Waals surface area contributed by atoms with Crippen LogP contribution in [0.5, 0.6) is 0 Å². The minimum Gasteiger partial charge on any atom is -0.388 e. The van der Waals surface area contributed by atoms with Crippen molar-refractivity contribution in [3.8, 4) is 0 Å². The van der Waals surface area contributed by atoms with E-state index in [2.05, 4.69) is 10.6 Å². The zero-order chi connectivity index (χ0) is 10.9. The summed E-state index contributed by atoms with van der Waals surface area (Å²) in [4.78, 5) is 11.8. The van der Waals surface area contributed by atoms with E-state index < -0.39 is 5.60 Å². The van der Waals surface area contributed by atoms with Gasteiger partial charge in [-0.15, -0.1) is 0 Å². The first kappa shape index (κ1) is 10.9. The van der Waals surface area contributed by atoms with Crippen molar-refractivity contribution < 1.29 is 9.90 Å². The first-order valence-electron chi connectivity index (χ1n) is 5.84. The van der Waals surface area contributed by atoms with Gasteiger partial charge in [0, 0.05) is 12.6 Å². The van der Waals surface area contributed by atoms with E-state index >= 15 is 0 Å². The van der Waals surface area contributed by atoms with Crippen molar-refractivity contribution in [1.82, 2.24) is 10.6 Å². The summed E-state index contributed by atoms with van der Waals surface area (Å²) in [6.07, 6.45) is 3.64. The quantitative estimate of drug-likeness (QED) is 0.618. The Morgan fingerprint density at radius 2 is 2.33 bits per heavy atom. The maximum absolute atomic E-state index is 11.8. The van der Waals surface area contributed by atoms with Crippen LogP contribution in [-0.2, 0) is 4.79 Å². The molecule has 4 heteroatoms. The molecular formula is C11H20N2O2. The van der Waals surface area contributed by atoms with Gasteiger partial charge in [-0.2, -0.15) is 0 Å². The van der Waals surface area contributed by atoms with E-state index in [0.717, 1.165) is 32.2 Å². The number of hydrogen-bond acceptors (Lipinski definition) is 3. The first-order chi connectivity index (χ1) is 7.11. The van der Waals surface area contributed by atoms with Crippen molar-refractivity contribution in [3.05, 3.63) is 0 Å². The van der Waals surface area contributed by atoms with Crippen LogP contribution in [0.15, 0.2) is 0 Å². The second-order valence-corrected chi connectivity index (χ2v) is 4.93. The summed E-state index contributed by atoms with van der Waals surface area (Å²) in [5.74, 6) is 0.168. The number of carbonyl (C=O) groups excluding carboxylic acids is 1. The van der Waals surface area contributed by atoms with Crippen molar-refractivity contribution >= 4 is 5.91 Å². The zero-order valence-electron chi connectivity index (χ0n) is 9.25. The van der Waals surface area contributed by atoms with E-state index in [-0.39, 0.29) is 17.9 Å². The Kier molecular flexibility index (Phi) is 2.98. The molecule has 4 nitrogen and oxygen atoms in total. The molecule has 1 amide bonds. The minimum atomic E-state index is -0.606. The molecule has 0 aromatic carbocycles. The predicted octanol–water partition coefficient (Wildman–Crippen LogP) is 0.0156. The number of carbonyl (C=O) groups is 1. The molecule has 0 radical (unpaired) electrons. The Morgan fingerprint density at radius 3 is 2.80 bits per heavy atom. The summed E-state index contributed by atoms with van der Waals surface area (Å²) >= 11 is 0. The second-order valence-electron chi connectivity index (χ2n) is 4.93. The fraction of sp³-hybridized carbons (Fsp3) is 0.909. The Balaban J connectivity index is 1.76. The SMILES string of the molecule is CC1NCCC1C(=O)NCC1(O)CCC1. The van der Waals surface area contributed by atoms with Crippen LogP contribution in [-0.4, -0.2) is 35.7 Å². The Labute approximate surface area is 90.4 Å². The van der Waals surface area contributed by atoms with Crippen LogP contribution in [0.25, 0.3) is 0 Å². The fourth-order valence-electron chi connectivity index (χ4n) is 2.36. The smallest absolute Gasteiger partial charge is 0.224 e. The van der Waals surface area contributed by atoms with Crippen molar-refractivity contribution in [2.45, 2.75) is 44.2 Å². The molecule has 1 aliphatic heterocycles. The van der Waals surface area contributed by atoms with Crippen LogP contribution in [0.2, 0.25) is 0 Å². The minimum absolute atomic E-state index is 0.0775. The third-order valence-corrected chi connectivity index (χ3v) is 3.74. The van der Waals surface area contributed by atoms with Gasteiger partial charge in [-0.25, -0.2) is 0 Å². The molecule has 15 heavy (non-hydrogen) atoms. The van der Waals surface area contributed by atoms with Gasteiger partial charge in [-0.1, -0.05) is 0 Å². The molecule has 2 aliphatic rings. The summed E-state index contributed by atoms with van der Waals surface area (Å²) in [6.45, 7) is 3.38. The Bertz CT molecular complexity index is 251. The lowest BCUT2D eigenvalue weighted by Gasteiger charge is -2.36. The topological polar surface area (TPSA) is 61.4 Å². The lowest BCUT2D eigenvalue weighted by Crippen LogP contribution is -2.49. The molecule has 0 bridgehead atoms. The Hall–Kier alpha value is -0.610. The summed E-state index contributed by atoms with van der Waals surface area (Å²) in [5.41, 5.74) is -0.606. The Morgan fingerprint density at radius 1 is 1.60 bits per heavy atom. The molecule has 0 spiro atoms. The zero-order valence-corrected chi connectivity index (χ0v) is 9.25. The second kappa shape index (κ2) is 4.10. The highest BCUT2D eigenvalue weighted by Gasteiger charge is 2.36. The first-order valence-corrected chi connectivity index (χ1v) is 5.84. The van der Waals surface area contributed by atoms with E-state index in [4.69, 9.17) is 0 Å². The van der Waals surface area contributed by atoms with E-state index in [0.29, 0.717) is 6.54 Å². The third kappa shape index (κ3) is 2.32. The lowest BCUT2D eigenvalue weighted by molar-refractivity contribution is -0.127. The van der Waals surface area contributed by atoms with Gasteiger partial charge < -0.3 is 15.7 Å². The number of rotatable bonds is 3. The van der Waals surface area contributed by atoms with Crippen molar-refractivity contribution in [2.24, 2.45) is 5.92 Å². The molecule has 2 rings (SSSR count). The van der Waals surface area contributed by atoms with Crippen LogP contribution in [0, 0.1) is 5.92 Å². The largest absolute Gasteiger partial charge is 0.388 e. The molecule has 1 saturated heterocycles. The van der Waals surface area contributed by atoms with E-state index in [1.807, 2.05) is 6.92 Å². The van der Waals surface area contributed by atoms with E-state index in [1.165, 1.54) is 0 Å². The van der Waals surface area contributed by atoms with E-state index in [1.54, 1.807) is 0 Å². The summed E-state index contributed by atoms with van der Waals surface area (Å²) in [5, 5.41) is 16.0. The van der Waals surface area contributed by atoms with Gasteiger partial charge in [0.1, 0.15) is 0 Å². The van der Waals surface area contributed by atoms with Gasteiger partial charge in [-0.3, -0.25) is 4.79 Å². The molecule has 2 atom stereocenters. The summed E-state index contributed by atoms with van der Waals surface area (Å²) in [6, 6.07) is 0.265. The fourth-order valence-corrected chi connectivity index (χ4v) is 2.36. The highest BCUT2D eigenvalue weighted by Crippen LogP contribution is 2.30. The average molecular weight is 212 g/mol. The van der Waals surface area contributed by atoms with Crippen LogP contribution >= 0.6 is 0 Å². The summed E-state index contributed by atoms with van der Waals surface area (Å²) in [7, 11) is 0. The standard InChI is InChI=1S/C11H20N2O2/c1-8-9(3-6-12-8)10(14)13-7-11(15)4-2-5-11/h8-9,12,15H,2-7H2,1H3,(H,13,14). The molecule has 0 aromatic heterocycles. The van der Waals surface area contributed by atoms with Crippen LogP contribution in [0.4, 0.5) is 0 Å². The van der Waals surface area contributed by atoms with Gasteiger partial charge in [0.05, 0.1) is 11.5 Å². The monoisotopic (exact) mass is 212 g/mol. The highest BCUT2D eigenvalue weighted by molar-refractivity contribution is 5.79. The molecule has 1 aliphatic carbocycles. The van der Waals surface area contributed by atoms with Gasteiger partial charge in [0.2, 0.25) is 5.91 Å². The predicted molar refractivity (Wildman–Crippen MR) is 57.4 cm³/mol. The van der Waals surface area contributed by atoms with Crippen molar-refractivity contribution in [1.29, 1.82) is 0 Å². The molecule has 2 unspecified atom stereocenters. The van der Waals surface area contributed by atoms with Gasteiger partial charge >= 0.3 is 0 Å². The number of hydrogen-bond donors (Lipinski definition) is 3. The van der Waals surface area contributed by atoms with Crippen LogP contribution in [0.1, 0.15) is 32.6 Å². The lowest BCUT2D eigenvalue weighted by atomic mass is 9.80. The number of amides is 1. The van der Waals surface area contributed by atoms with Crippen molar-refractivity contribution in [3.63, 3.8) is 0 Å². The molecule has 1 saturated carbocycles. The van der Waals surface area contributed by atoms with Gasteiger partial charge in [0.15, 0.2) is 0 Å². The maximum atomic E-state index is 11.8. The number of aliphatic hydroxyl groups is 1. The van der Waals surface area contributed by atoms with E-state index in [9.17, 15) is 9.90 Å². The highest BCUT2D eigenvalue weighted by atomic mass is 16.3. The number of nitrogens with one attached hydrogen (secondary N) is 2. The normalized spacial score (nSPS) is 33.5. The molecular weight excluding hydrogens is 192 g/mol. The van der Waals surface area contributed by atoms with Gasteiger partial charge in [0.25, 0.3) is 0 Å². The average Bonchev–Trinajstić information content (AvgIpc) is 2.58. The molecule has 1 heterocycles. The van der Waals surface area contributed by atoms with Crippen LogP contribution in [0.3, 0.4) is 0 Å².